The van der Waals surface area contributed by atoms with Gasteiger partial charge in [0.25, 0.3) is 5.91 Å². The molecule has 2 N–H and O–H groups in total. The fraction of sp³-hybridized carbons (Fsp3) is 0.217. The number of carbonyl (C=O) groups excluding carboxylic acids is 1. The predicted octanol–water partition coefficient (Wildman–Crippen LogP) is 4.26. The van der Waals surface area contributed by atoms with Gasteiger partial charge in [0.15, 0.2) is 0 Å². The molecule has 6 heteroatoms. The van der Waals surface area contributed by atoms with Gasteiger partial charge < -0.3 is 15.3 Å². The summed E-state index contributed by atoms with van der Waals surface area (Å²) in [6.07, 6.45) is 2.47. The van der Waals surface area contributed by atoms with Crippen LogP contribution in [0.1, 0.15) is 28.4 Å². The zero-order chi connectivity index (χ0) is 20.4. The second kappa shape index (κ2) is 7.85. The number of benzene rings is 2. The third-order valence-electron chi connectivity index (χ3n) is 5.22. The number of amides is 1. The number of nitrogens with one attached hydrogen (secondary N) is 1. The molecule has 148 valence electrons. The summed E-state index contributed by atoms with van der Waals surface area (Å²) in [5, 5.41) is 14.6. The van der Waals surface area contributed by atoms with Gasteiger partial charge in [-0.25, -0.2) is 4.98 Å². The second-order valence-electron chi connectivity index (χ2n) is 7.37. The quantitative estimate of drug-likeness (QED) is 0.663. The molecule has 0 saturated heterocycles. The van der Waals surface area contributed by atoms with Crippen LogP contribution < -0.4 is 10.2 Å². The van der Waals surface area contributed by atoms with Gasteiger partial charge in [-0.05, 0) is 54.8 Å². The summed E-state index contributed by atoms with van der Waals surface area (Å²) >= 11 is 6.05. The minimum absolute atomic E-state index is 0.104. The number of hydrogen-bond donors (Lipinski definition) is 2. The van der Waals surface area contributed by atoms with Crippen LogP contribution in [0.4, 0.5) is 11.5 Å². The lowest BCUT2D eigenvalue weighted by Gasteiger charge is -2.26. The van der Waals surface area contributed by atoms with Crippen molar-refractivity contribution in [2.75, 3.05) is 23.3 Å². The molecule has 0 saturated carbocycles. The van der Waals surface area contributed by atoms with Gasteiger partial charge in [-0.3, -0.25) is 4.79 Å². The lowest BCUT2D eigenvalue weighted by Crippen LogP contribution is -2.33. The maximum Gasteiger partial charge on any atom is 0.262 e. The number of pyridine rings is 1. The van der Waals surface area contributed by atoms with Crippen LogP contribution in [0.3, 0.4) is 0 Å². The molecule has 0 fully saturated rings. The standard InChI is InChI=1S/C23H22ClN3O2/c1-23(29,17-7-4-8-18(24)14-17)15-26-21-19(9-5-12-25-21)22(28)27-13-11-16-6-2-3-10-20(16)27/h2-10,12,14,29H,11,13,15H2,1H3,(H,25,26). The molecule has 29 heavy (non-hydrogen) atoms. The van der Waals surface area contributed by atoms with Gasteiger partial charge in [0.1, 0.15) is 11.4 Å². The number of carbonyl (C=O) groups is 1. The third-order valence-corrected chi connectivity index (χ3v) is 5.45. The van der Waals surface area contributed by atoms with E-state index in [0.717, 1.165) is 12.1 Å². The molecule has 1 aliphatic rings. The number of hydrogen-bond acceptors (Lipinski definition) is 4. The van der Waals surface area contributed by atoms with Gasteiger partial charge in [0.05, 0.1) is 5.56 Å². The van der Waals surface area contributed by atoms with E-state index in [1.165, 1.54) is 5.56 Å². The van der Waals surface area contributed by atoms with Crippen molar-refractivity contribution in [3.8, 4) is 0 Å². The summed E-state index contributed by atoms with van der Waals surface area (Å²) in [6, 6.07) is 18.6. The predicted molar refractivity (Wildman–Crippen MR) is 116 cm³/mol. The maximum atomic E-state index is 13.2. The van der Waals surface area contributed by atoms with E-state index in [9.17, 15) is 9.90 Å². The summed E-state index contributed by atoms with van der Waals surface area (Å²) in [5.74, 6) is 0.345. The Morgan fingerprint density at radius 1 is 1.21 bits per heavy atom. The molecule has 5 nitrogen and oxygen atoms in total. The highest BCUT2D eigenvalue weighted by Crippen LogP contribution is 2.30. The summed E-state index contributed by atoms with van der Waals surface area (Å²) in [7, 11) is 0. The number of halogens is 1. The summed E-state index contributed by atoms with van der Waals surface area (Å²) in [5.41, 5.74) is 2.10. The molecule has 1 amide bonds. The van der Waals surface area contributed by atoms with Crippen molar-refractivity contribution in [1.29, 1.82) is 0 Å². The Bertz CT molecular complexity index is 1050. The van der Waals surface area contributed by atoms with Crippen molar-refractivity contribution >= 4 is 29.0 Å². The summed E-state index contributed by atoms with van der Waals surface area (Å²) < 4.78 is 0. The zero-order valence-electron chi connectivity index (χ0n) is 16.1. The van der Waals surface area contributed by atoms with Gasteiger partial charge in [0, 0.05) is 30.0 Å². The van der Waals surface area contributed by atoms with Crippen LogP contribution in [0.15, 0.2) is 66.9 Å². The smallest absolute Gasteiger partial charge is 0.262 e. The minimum atomic E-state index is -1.18. The Morgan fingerprint density at radius 3 is 2.86 bits per heavy atom. The van der Waals surface area contributed by atoms with Crippen LogP contribution in [0.5, 0.6) is 0 Å². The average molecular weight is 408 g/mol. The Morgan fingerprint density at radius 2 is 2.03 bits per heavy atom. The second-order valence-corrected chi connectivity index (χ2v) is 7.81. The largest absolute Gasteiger partial charge is 0.384 e. The van der Waals surface area contributed by atoms with Crippen LogP contribution in [-0.2, 0) is 12.0 Å². The monoisotopic (exact) mass is 407 g/mol. The molecule has 1 aromatic heterocycles. The molecule has 2 heterocycles. The molecule has 1 atom stereocenters. The Hall–Kier alpha value is -2.89. The normalized spacial score (nSPS) is 14.9. The first-order valence-corrected chi connectivity index (χ1v) is 9.90. The third kappa shape index (κ3) is 3.97. The van der Waals surface area contributed by atoms with Crippen molar-refractivity contribution < 1.29 is 9.90 Å². The highest BCUT2D eigenvalue weighted by Gasteiger charge is 2.28. The first-order chi connectivity index (χ1) is 14.0. The molecule has 4 rings (SSSR count). The molecule has 0 radical (unpaired) electrons. The maximum absolute atomic E-state index is 13.2. The fourth-order valence-electron chi connectivity index (χ4n) is 3.59. The van der Waals surface area contributed by atoms with Crippen LogP contribution in [0, 0.1) is 0 Å². The number of nitrogens with zero attached hydrogens (tertiary/aromatic N) is 2. The van der Waals surface area contributed by atoms with Gasteiger partial charge in [-0.1, -0.05) is 41.9 Å². The highest BCUT2D eigenvalue weighted by atomic mass is 35.5. The molecule has 0 bridgehead atoms. The SMILES string of the molecule is CC(O)(CNc1ncccc1C(=O)N1CCc2ccccc21)c1cccc(Cl)c1. The van der Waals surface area contributed by atoms with Gasteiger partial charge in [-0.15, -0.1) is 0 Å². The number of aromatic nitrogens is 1. The van der Waals surface area contributed by atoms with E-state index in [1.807, 2.05) is 30.3 Å². The fourth-order valence-corrected chi connectivity index (χ4v) is 3.79. The van der Waals surface area contributed by atoms with Crippen LogP contribution in [-0.4, -0.2) is 29.1 Å². The molecule has 2 aromatic carbocycles. The lowest BCUT2D eigenvalue weighted by molar-refractivity contribution is 0.0713. The average Bonchev–Trinajstić information content (AvgIpc) is 3.16. The Balaban J connectivity index is 1.55. The van der Waals surface area contributed by atoms with Crippen molar-refractivity contribution in [1.82, 2.24) is 4.98 Å². The van der Waals surface area contributed by atoms with Gasteiger partial charge in [0.2, 0.25) is 0 Å². The Labute approximate surface area is 175 Å². The molecule has 1 unspecified atom stereocenters. The first-order valence-electron chi connectivity index (χ1n) is 9.53. The van der Waals surface area contributed by atoms with Gasteiger partial charge in [-0.2, -0.15) is 0 Å². The van der Waals surface area contributed by atoms with Crippen molar-refractivity contribution in [3.63, 3.8) is 0 Å². The molecular formula is C23H22ClN3O2. The van der Waals surface area contributed by atoms with Crippen LogP contribution in [0.2, 0.25) is 5.02 Å². The first kappa shape index (κ1) is 19.4. The van der Waals surface area contributed by atoms with Crippen molar-refractivity contribution in [2.45, 2.75) is 18.9 Å². The Kier molecular flexibility index (Phi) is 5.26. The number of rotatable bonds is 5. The topological polar surface area (TPSA) is 65.5 Å². The molecule has 0 spiro atoms. The molecule has 1 aliphatic heterocycles. The van der Waals surface area contributed by atoms with E-state index in [-0.39, 0.29) is 12.5 Å². The number of aliphatic hydroxyl groups is 1. The lowest BCUT2D eigenvalue weighted by atomic mass is 9.96. The van der Waals surface area contributed by atoms with E-state index in [0.29, 0.717) is 28.5 Å². The van der Waals surface area contributed by atoms with E-state index >= 15 is 0 Å². The summed E-state index contributed by atoms with van der Waals surface area (Å²) in [4.78, 5) is 19.4. The van der Waals surface area contributed by atoms with E-state index in [4.69, 9.17) is 11.6 Å². The van der Waals surface area contributed by atoms with Gasteiger partial charge >= 0.3 is 0 Å². The van der Waals surface area contributed by atoms with E-state index in [2.05, 4.69) is 10.3 Å². The molecular weight excluding hydrogens is 386 g/mol. The van der Waals surface area contributed by atoms with Crippen LogP contribution in [0.25, 0.3) is 0 Å². The summed E-state index contributed by atoms with van der Waals surface area (Å²) in [6.45, 7) is 2.53. The minimum Gasteiger partial charge on any atom is -0.384 e. The molecule has 0 aliphatic carbocycles. The number of fused-ring (bicyclic) bond motifs is 1. The van der Waals surface area contributed by atoms with Crippen molar-refractivity contribution in [3.05, 3.63) is 88.6 Å². The van der Waals surface area contributed by atoms with E-state index in [1.54, 1.807) is 48.4 Å². The van der Waals surface area contributed by atoms with Crippen molar-refractivity contribution in [2.24, 2.45) is 0 Å². The zero-order valence-corrected chi connectivity index (χ0v) is 16.9. The highest BCUT2D eigenvalue weighted by molar-refractivity contribution is 6.30. The van der Waals surface area contributed by atoms with E-state index < -0.39 is 5.60 Å². The number of anilines is 2. The number of para-hydroxylation sites is 1. The molecule has 3 aromatic rings. The van der Waals surface area contributed by atoms with Crippen LogP contribution >= 0.6 is 11.6 Å².